The number of aromatic carboxylic acids is 1. The number of likely N-dealkylation sites (N-methyl/N-ethyl adjacent to an activating group) is 1. The molecule has 1 fully saturated rings. The highest BCUT2D eigenvalue weighted by Gasteiger charge is 2.33. The minimum absolute atomic E-state index is 0.407. The zero-order valence-electron chi connectivity index (χ0n) is 10.1. The lowest BCUT2D eigenvalue weighted by molar-refractivity contribution is 0.0678. The molecule has 1 saturated carbocycles. The Morgan fingerprint density at radius 3 is 2.82 bits per heavy atom. The number of hydrogen-bond donors (Lipinski definition) is 1. The SMILES string of the molecule is CN1CCn2c(C(=O)O)ccc2C1CC1CC1. The van der Waals surface area contributed by atoms with Gasteiger partial charge in [-0.15, -0.1) is 0 Å². The van der Waals surface area contributed by atoms with E-state index in [2.05, 4.69) is 11.9 Å². The topological polar surface area (TPSA) is 45.5 Å². The molecule has 3 rings (SSSR count). The lowest BCUT2D eigenvalue weighted by Crippen LogP contribution is -2.36. The summed E-state index contributed by atoms with van der Waals surface area (Å²) >= 11 is 0. The zero-order valence-corrected chi connectivity index (χ0v) is 10.1. The number of nitrogens with zero attached hydrogens (tertiary/aromatic N) is 2. The average molecular weight is 234 g/mol. The summed E-state index contributed by atoms with van der Waals surface area (Å²) < 4.78 is 1.98. The molecule has 0 bridgehead atoms. The molecule has 1 aliphatic heterocycles. The van der Waals surface area contributed by atoms with Crippen molar-refractivity contribution in [2.24, 2.45) is 5.92 Å². The van der Waals surface area contributed by atoms with Gasteiger partial charge in [-0.3, -0.25) is 4.90 Å². The zero-order chi connectivity index (χ0) is 12.0. The van der Waals surface area contributed by atoms with Crippen molar-refractivity contribution in [1.82, 2.24) is 9.47 Å². The Bertz CT molecular complexity index is 448. The number of rotatable bonds is 3. The molecule has 0 amide bonds. The lowest BCUT2D eigenvalue weighted by Gasteiger charge is -2.34. The summed E-state index contributed by atoms with van der Waals surface area (Å²) in [6, 6.07) is 4.15. The molecule has 1 aliphatic carbocycles. The van der Waals surface area contributed by atoms with Crippen LogP contribution in [0.15, 0.2) is 12.1 Å². The molecule has 1 N–H and O–H groups in total. The first kappa shape index (κ1) is 10.8. The molecule has 1 aromatic heterocycles. The molecular weight excluding hydrogens is 216 g/mol. The highest BCUT2D eigenvalue weighted by Crippen LogP contribution is 2.41. The van der Waals surface area contributed by atoms with Crippen LogP contribution in [0.1, 0.15) is 41.5 Å². The Labute approximate surface area is 101 Å². The number of hydrogen-bond acceptors (Lipinski definition) is 2. The second-order valence-electron chi connectivity index (χ2n) is 5.28. The summed E-state index contributed by atoms with van der Waals surface area (Å²) in [5, 5.41) is 9.14. The van der Waals surface area contributed by atoms with Crippen LogP contribution in [-0.4, -0.2) is 34.1 Å². The Morgan fingerprint density at radius 2 is 2.18 bits per heavy atom. The molecule has 0 aromatic carbocycles. The third-order valence-electron chi connectivity index (χ3n) is 4.04. The summed E-state index contributed by atoms with van der Waals surface area (Å²) in [6.45, 7) is 1.74. The van der Waals surface area contributed by atoms with E-state index in [4.69, 9.17) is 5.11 Å². The van der Waals surface area contributed by atoms with E-state index in [0.717, 1.165) is 19.0 Å². The number of carboxylic acids is 1. The molecule has 2 heterocycles. The van der Waals surface area contributed by atoms with Gasteiger partial charge >= 0.3 is 5.97 Å². The van der Waals surface area contributed by atoms with E-state index in [0.29, 0.717) is 11.7 Å². The van der Waals surface area contributed by atoms with E-state index in [-0.39, 0.29) is 0 Å². The largest absolute Gasteiger partial charge is 0.477 e. The van der Waals surface area contributed by atoms with Gasteiger partial charge in [-0.05, 0) is 31.5 Å². The van der Waals surface area contributed by atoms with Crippen molar-refractivity contribution in [3.05, 3.63) is 23.5 Å². The molecule has 0 saturated heterocycles. The van der Waals surface area contributed by atoms with Crippen molar-refractivity contribution < 1.29 is 9.90 Å². The van der Waals surface area contributed by atoms with Gasteiger partial charge in [-0.1, -0.05) is 12.8 Å². The average Bonchev–Trinajstić information content (AvgIpc) is 2.99. The van der Waals surface area contributed by atoms with Gasteiger partial charge in [0.15, 0.2) is 0 Å². The van der Waals surface area contributed by atoms with E-state index >= 15 is 0 Å². The first-order valence-corrected chi connectivity index (χ1v) is 6.30. The van der Waals surface area contributed by atoms with Crippen LogP contribution in [-0.2, 0) is 6.54 Å². The molecule has 17 heavy (non-hydrogen) atoms. The van der Waals surface area contributed by atoms with Gasteiger partial charge in [0.2, 0.25) is 0 Å². The van der Waals surface area contributed by atoms with Crippen molar-refractivity contribution in [3.8, 4) is 0 Å². The maximum Gasteiger partial charge on any atom is 0.352 e. The molecule has 4 heteroatoms. The quantitative estimate of drug-likeness (QED) is 0.869. The number of fused-ring (bicyclic) bond motifs is 1. The summed E-state index contributed by atoms with van der Waals surface area (Å²) in [7, 11) is 2.14. The van der Waals surface area contributed by atoms with Crippen LogP contribution in [0, 0.1) is 5.92 Å². The second-order valence-corrected chi connectivity index (χ2v) is 5.28. The Morgan fingerprint density at radius 1 is 1.41 bits per heavy atom. The van der Waals surface area contributed by atoms with E-state index in [1.807, 2.05) is 10.6 Å². The number of aromatic nitrogens is 1. The highest BCUT2D eigenvalue weighted by atomic mass is 16.4. The van der Waals surface area contributed by atoms with Crippen molar-refractivity contribution in [2.75, 3.05) is 13.6 Å². The summed E-state index contributed by atoms with van der Waals surface area (Å²) in [5.74, 6) is 0.0446. The molecule has 92 valence electrons. The lowest BCUT2D eigenvalue weighted by atomic mass is 10.0. The third-order valence-corrected chi connectivity index (χ3v) is 4.04. The van der Waals surface area contributed by atoms with Crippen molar-refractivity contribution in [3.63, 3.8) is 0 Å². The van der Waals surface area contributed by atoms with Gasteiger partial charge in [0, 0.05) is 18.8 Å². The van der Waals surface area contributed by atoms with E-state index < -0.39 is 5.97 Å². The molecule has 0 radical (unpaired) electrons. The normalized spacial score (nSPS) is 24.6. The Balaban J connectivity index is 1.93. The Hall–Kier alpha value is -1.29. The predicted octanol–water partition coefficient (Wildman–Crippen LogP) is 1.97. The van der Waals surface area contributed by atoms with Crippen molar-refractivity contribution in [2.45, 2.75) is 31.8 Å². The number of carbonyl (C=O) groups is 1. The minimum atomic E-state index is -0.814. The summed E-state index contributed by atoms with van der Waals surface area (Å²) in [6.07, 6.45) is 3.87. The second kappa shape index (κ2) is 3.88. The van der Waals surface area contributed by atoms with Crippen LogP contribution in [0.5, 0.6) is 0 Å². The van der Waals surface area contributed by atoms with Crippen LogP contribution in [0.2, 0.25) is 0 Å². The van der Waals surface area contributed by atoms with Gasteiger partial charge in [-0.2, -0.15) is 0 Å². The van der Waals surface area contributed by atoms with Crippen LogP contribution in [0.4, 0.5) is 0 Å². The molecule has 2 aliphatic rings. The maximum absolute atomic E-state index is 11.1. The predicted molar refractivity (Wildman–Crippen MR) is 64.1 cm³/mol. The fourth-order valence-corrected chi connectivity index (χ4v) is 2.82. The molecule has 1 aromatic rings. The van der Waals surface area contributed by atoms with E-state index in [1.165, 1.54) is 25.0 Å². The monoisotopic (exact) mass is 234 g/mol. The maximum atomic E-state index is 11.1. The smallest absolute Gasteiger partial charge is 0.352 e. The molecule has 0 spiro atoms. The van der Waals surface area contributed by atoms with E-state index in [9.17, 15) is 4.79 Å². The van der Waals surface area contributed by atoms with Gasteiger partial charge in [0.1, 0.15) is 5.69 Å². The first-order valence-electron chi connectivity index (χ1n) is 6.30. The fourth-order valence-electron chi connectivity index (χ4n) is 2.82. The van der Waals surface area contributed by atoms with Gasteiger partial charge in [0.25, 0.3) is 0 Å². The van der Waals surface area contributed by atoms with Crippen LogP contribution in [0.25, 0.3) is 0 Å². The molecule has 1 unspecified atom stereocenters. The van der Waals surface area contributed by atoms with E-state index in [1.54, 1.807) is 6.07 Å². The molecule has 1 atom stereocenters. The molecule has 4 nitrogen and oxygen atoms in total. The molecular formula is C13H18N2O2. The van der Waals surface area contributed by atoms with Gasteiger partial charge < -0.3 is 9.67 Å². The fraction of sp³-hybridized carbons (Fsp3) is 0.615. The standard InChI is InChI=1S/C13H18N2O2/c1-14-6-7-15-10(4-5-11(15)13(16)17)12(14)8-9-2-3-9/h4-5,9,12H,2-3,6-8H2,1H3,(H,16,17). The van der Waals surface area contributed by atoms with Crippen LogP contribution >= 0.6 is 0 Å². The first-order chi connectivity index (χ1) is 8.16. The van der Waals surface area contributed by atoms with Crippen molar-refractivity contribution in [1.29, 1.82) is 0 Å². The summed E-state index contributed by atoms with van der Waals surface area (Å²) in [5.41, 5.74) is 1.62. The minimum Gasteiger partial charge on any atom is -0.477 e. The van der Waals surface area contributed by atoms with Gasteiger partial charge in [0.05, 0.1) is 6.04 Å². The van der Waals surface area contributed by atoms with Gasteiger partial charge in [-0.25, -0.2) is 4.79 Å². The number of carboxylic acid groups (broad SMARTS) is 1. The van der Waals surface area contributed by atoms with Crippen molar-refractivity contribution >= 4 is 5.97 Å². The highest BCUT2D eigenvalue weighted by molar-refractivity contribution is 5.86. The third kappa shape index (κ3) is 1.86. The summed E-state index contributed by atoms with van der Waals surface area (Å²) in [4.78, 5) is 13.5. The Kier molecular flexibility index (Phi) is 2.47. The van der Waals surface area contributed by atoms with Crippen LogP contribution < -0.4 is 0 Å². The van der Waals surface area contributed by atoms with Crippen LogP contribution in [0.3, 0.4) is 0 Å².